The second-order valence-electron chi connectivity index (χ2n) is 14.1. The van der Waals surface area contributed by atoms with Crippen LogP contribution in [-0.4, -0.2) is 99.3 Å². The van der Waals surface area contributed by atoms with Crippen LogP contribution >= 0.6 is 0 Å². The third kappa shape index (κ3) is 5.79. The topological polar surface area (TPSA) is 111 Å². The molecule has 40 heavy (non-hydrogen) atoms. The second-order valence-corrected chi connectivity index (χ2v) is 14.1. The lowest BCUT2D eigenvalue weighted by Gasteiger charge is -2.58. The van der Waals surface area contributed by atoms with Gasteiger partial charge in [-0.3, -0.25) is 9.69 Å². The Morgan fingerprint density at radius 3 is 2.30 bits per heavy atom. The molecule has 1 unspecified atom stereocenters. The zero-order valence-electron chi connectivity index (χ0n) is 24.4. The number of carbonyl (C=O) groups excluding carboxylic acids is 2. The minimum absolute atomic E-state index is 0.0798. The Bertz CT molecular complexity index is 1080. The lowest BCUT2D eigenvalue weighted by atomic mass is 9.48. The van der Waals surface area contributed by atoms with E-state index in [4.69, 9.17) is 4.74 Å². The van der Waals surface area contributed by atoms with Crippen LogP contribution in [0.25, 0.3) is 0 Å². The number of aliphatic hydroxyl groups excluding tert-OH is 1. The normalized spacial score (nSPS) is 30.6. The van der Waals surface area contributed by atoms with Crippen LogP contribution in [0.5, 0.6) is 0 Å². The molecule has 4 aliphatic carbocycles. The van der Waals surface area contributed by atoms with E-state index in [1.54, 1.807) is 11.2 Å². The van der Waals surface area contributed by atoms with Crippen molar-refractivity contribution >= 4 is 17.8 Å². The Kier molecular flexibility index (Phi) is 7.44. The van der Waals surface area contributed by atoms with Crippen molar-refractivity contribution < 1.29 is 19.4 Å². The molecule has 0 radical (unpaired) electrons. The number of nitrogens with zero attached hydrogens (tertiary/aromatic N) is 5. The second kappa shape index (κ2) is 10.7. The van der Waals surface area contributed by atoms with Crippen molar-refractivity contribution in [1.82, 2.24) is 24.7 Å². The molecule has 220 valence electrons. The maximum Gasteiger partial charge on any atom is 0.410 e. The van der Waals surface area contributed by atoms with E-state index in [-0.39, 0.29) is 23.5 Å². The summed E-state index contributed by atoms with van der Waals surface area (Å²) in [5.41, 5.74) is 1.52. The molecule has 2 aliphatic heterocycles. The Labute approximate surface area is 237 Å². The van der Waals surface area contributed by atoms with Crippen LogP contribution in [0.3, 0.4) is 0 Å². The third-order valence-corrected chi connectivity index (χ3v) is 10.00. The van der Waals surface area contributed by atoms with Gasteiger partial charge in [-0.05, 0) is 88.9 Å². The number of rotatable bonds is 6. The number of aromatic nitrogens is 2. The average Bonchev–Trinajstić information content (AvgIpc) is 2.90. The van der Waals surface area contributed by atoms with Gasteiger partial charge in [-0.2, -0.15) is 0 Å². The number of hydrogen-bond donors (Lipinski definition) is 2. The number of aliphatic hydroxyl groups is 1. The van der Waals surface area contributed by atoms with Gasteiger partial charge >= 0.3 is 6.09 Å². The van der Waals surface area contributed by atoms with E-state index in [9.17, 15) is 14.7 Å². The van der Waals surface area contributed by atoms with Crippen molar-refractivity contribution in [2.45, 2.75) is 84.0 Å². The zero-order valence-corrected chi connectivity index (χ0v) is 24.4. The molecule has 6 aliphatic rings. The monoisotopic (exact) mass is 554 g/mol. The molecule has 0 aromatic carbocycles. The minimum atomic E-state index is -0.512. The fourth-order valence-corrected chi connectivity index (χ4v) is 8.42. The van der Waals surface area contributed by atoms with E-state index in [2.05, 4.69) is 20.2 Å². The molecule has 3 heterocycles. The molecule has 4 bridgehead atoms. The van der Waals surface area contributed by atoms with E-state index in [1.807, 2.05) is 25.7 Å². The summed E-state index contributed by atoms with van der Waals surface area (Å²) < 4.78 is 5.48. The van der Waals surface area contributed by atoms with Gasteiger partial charge < -0.3 is 25.0 Å². The number of amides is 2. The van der Waals surface area contributed by atoms with Crippen molar-refractivity contribution in [2.24, 2.45) is 23.2 Å². The van der Waals surface area contributed by atoms with Crippen LogP contribution in [0.1, 0.15) is 70.6 Å². The zero-order chi connectivity index (χ0) is 28.1. The predicted octanol–water partition coefficient (Wildman–Crippen LogP) is 2.90. The van der Waals surface area contributed by atoms with Crippen molar-refractivity contribution in [3.05, 3.63) is 17.6 Å². The number of carbonyl (C=O) groups is 2. The van der Waals surface area contributed by atoms with E-state index in [0.29, 0.717) is 58.8 Å². The van der Waals surface area contributed by atoms with Gasteiger partial charge in [-0.25, -0.2) is 14.8 Å². The van der Waals surface area contributed by atoms with Gasteiger partial charge in [-0.15, -0.1) is 0 Å². The maximum atomic E-state index is 13.2. The fourth-order valence-electron chi connectivity index (χ4n) is 8.42. The standard InChI is InChI=1S/C30H46N6O4/c1-29(2,3)40-28(39)35-8-6-34(7-9-35)18-26(38)36-5-4-23-24(17-36)32-19-33-27(23)31-16-25(37)30-13-20-10-21(14-30)12-22(11-20)15-30/h19-22,25,37H,4-18H2,1-3H3,(H,31,32,33). The van der Waals surface area contributed by atoms with Gasteiger partial charge in [0.1, 0.15) is 17.7 Å². The molecule has 10 nitrogen and oxygen atoms in total. The van der Waals surface area contributed by atoms with Gasteiger partial charge in [0.2, 0.25) is 5.91 Å². The van der Waals surface area contributed by atoms with Crippen LogP contribution in [0.2, 0.25) is 0 Å². The van der Waals surface area contributed by atoms with Gasteiger partial charge in [0.15, 0.2) is 0 Å². The maximum absolute atomic E-state index is 13.2. The smallest absolute Gasteiger partial charge is 0.410 e. The summed E-state index contributed by atoms with van der Waals surface area (Å²) in [6.45, 7) is 9.98. The van der Waals surface area contributed by atoms with Gasteiger partial charge in [0.25, 0.3) is 0 Å². The molecule has 1 aromatic rings. The van der Waals surface area contributed by atoms with E-state index in [1.165, 1.54) is 38.5 Å². The Morgan fingerprint density at radius 2 is 1.68 bits per heavy atom. The summed E-state index contributed by atoms with van der Waals surface area (Å²) in [5.74, 6) is 3.32. The number of nitrogens with one attached hydrogen (secondary N) is 1. The summed E-state index contributed by atoms with van der Waals surface area (Å²) >= 11 is 0. The van der Waals surface area contributed by atoms with Crippen molar-refractivity contribution in [3.8, 4) is 0 Å². The predicted molar refractivity (Wildman–Crippen MR) is 151 cm³/mol. The lowest BCUT2D eigenvalue weighted by molar-refractivity contribution is -0.133. The first-order valence-electron chi connectivity index (χ1n) is 15.3. The van der Waals surface area contributed by atoms with Gasteiger partial charge in [0, 0.05) is 44.8 Å². The van der Waals surface area contributed by atoms with Crippen LogP contribution in [-0.2, 0) is 22.5 Å². The van der Waals surface area contributed by atoms with Crippen LogP contribution in [0.15, 0.2) is 6.33 Å². The average molecular weight is 555 g/mol. The number of piperazine rings is 1. The molecular weight excluding hydrogens is 508 g/mol. The molecule has 1 aromatic heterocycles. The molecule has 1 atom stereocenters. The highest BCUT2D eigenvalue weighted by molar-refractivity contribution is 5.78. The number of anilines is 1. The molecule has 4 saturated carbocycles. The molecule has 10 heteroatoms. The highest BCUT2D eigenvalue weighted by atomic mass is 16.6. The van der Waals surface area contributed by atoms with E-state index < -0.39 is 5.60 Å². The van der Waals surface area contributed by atoms with Crippen molar-refractivity contribution in [3.63, 3.8) is 0 Å². The Balaban J connectivity index is 1.00. The SMILES string of the molecule is CC(C)(C)OC(=O)N1CCN(CC(=O)N2CCc3c(ncnc3NCC(O)C34CC5CC(CC(C5)C3)C4)C2)CC1. The highest BCUT2D eigenvalue weighted by Gasteiger charge is 2.53. The lowest BCUT2D eigenvalue weighted by Crippen LogP contribution is -2.53. The Hall–Kier alpha value is -2.46. The molecule has 0 spiro atoms. The first-order chi connectivity index (χ1) is 19.1. The number of ether oxygens (including phenoxy) is 1. The summed E-state index contributed by atoms with van der Waals surface area (Å²) in [6, 6.07) is 0. The van der Waals surface area contributed by atoms with Crippen LogP contribution in [0.4, 0.5) is 10.6 Å². The summed E-state index contributed by atoms with van der Waals surface area (Å²) in [5, 5.41) is 14.8. The molecular formula is C30H46N6O4. The first-order valence-corrected chi connectivity index (χ1v) is 15.3. The van der Waals surface area contributed by atoms with Gasteiger partial charge in [-0.1, -0.05) is 0 Å². The van der Waals surface area contributed by atoms with Crippen molar-refractivity contribution in [2.75, 3.05) is 51.1 Å². The molecule has 2 amide bonds. The van der Waals surface area contributed by atoms with E-state index >= 15 is 0 Å². The molecule has 1 saturated heterocycles. The van der Waals surface area contributed by atoms with Gasteiger partial charge in [0.05, 0.1) is 24.9 Å². The quantitative estimate of drug-likeness (QED) is 0.552. The summed E-state index contributed by atoms with van der Waals surface area (Å²) in [6.07, 6.45) is 9.27. The Morgan fingerprint density at radius 1 is 1.02 bits per heavy atom. The first kappa shape index (κ1) is 27.7. The largest absolute Gasteiger partial charge is 0.444 e. The number of fused-ring (bicyclic) bond motifs is 1. The highest BCUT2D eigenvalue weighted by Crippen LogP contribution is 2.61. The van der Waals surface area contributed by atoms with Crippen molar-refractivity contribution in [1.29, 1.82) is 0 Å². The molecule has 5 fully saturated rings. The summed E-state index contributed by atoms with van der Waals surface area (Å²) in [4.78, 5) is 40.3. The van der Waals surface area contributed by atoms with Crippen LogP contribution < -0.4 is 5.32 Å². The van der Waals surface area contributed by atoms with Crippen LogP contribution in [0, 0.1) is 23.2 Å². The number of hydrogen-bond acceptors (Lipinski definition) is 8. The van der Waals surface area contributed by atoms with E-state index in [0.717, 1.165) is 34.8 Å². The minimum Gasteiger partial charge on any atom is -0.444 e. The fraction of sp³-hybridized carbons (Fsp3) is 0.800. The third-order valence-electron chi connectivity index (χ3n) is 10.00. The summed E-state index contributed by atoms with van der Waals surface area (Å²) in [7, 11) is 0. The molecule has 2 N–H and O–H groups in total. The molecule has 7 rings (SSSR count).